The van der Waals surface area contributed by atoms with Crippen molar-refractivity contribution in [2.45, 2.75) is 11.3 Å². The van der Waals surface area contributed by atoms with Crippen LogP contribution in [0.3, 0.4) is 0 Å². The van der Waals surface area contributed by atoms with Crippen molar-refractivity contribution in [3.8, 4) is 0 Å². The fourth-order valence-corrected chi connectivity index (χ4v) is 5.06. The molecule has 1 saturated heterocycles. The average molecular weight is 472 g/mol. The summed E-state index contributed by atoms with van der Waals surface area (Å²) < 4.78 is 24.6. The molecule has 2 aromatic rings. The first-order valence-electron chi connectivity index (χ1n) is 9.54. The SMILES string of the molecule is Cl.O=C(NCCN1CCN(C(=O)CCS(=O)(=O)c2ccccc2)CC1)c1ccsc1. The number of nitrogens with zero attached hydrogens (tertiary/aromatic N) is 2. The van der Waals surface area contributed by atoms with Crippen molar-refractivity contribution in [1.29, 1.82) is 0 Å². The molecule has 2 amide bonds. The summed E-state index contributed by atoms with van der Waals surface area (Å²) in [5.74, 6) is -0.375. The molecule has 164 valence electrons. The maximum atomic E-state index is 12.4. The highest BCUT2D eigenvalue weighted by Crippen LogP contribution is 2.12. The Morgan fingerprint density at radius 1 is 1.03 bits per heavy atom. The molecule has 0 unspecified atom stereocenters. The van der Waals surface area contributed by atoms with Gasteiger partial charge in [-0.1, -0.05) is 18.2 Å². The number of thiophene rings is 1. The number of hydrogen-bond acceptors (Lipinski definition) is 6. The molecule has 0 saturated carbocycles. The maximum absolute atomic E-state index is 12.4. The number of halogens is 1. The fourth-order valence-electron chi connectivity index (χ4n) is 3.17. The van der Waals surface area contributed by atoms with E-state index in [4.69, 9.17) is 0 Å². The van der Waals surface area contributed by atoms with Gasteiger partial charge in [0.1, 0.15) is 0 Å². The minimum atomic E-state index is -3.44. The quantitative estimate of drug-likeness (QED) is 0.635. The van der Waals surface area contributed by atoms with Gasteiger partial charge in [0.25, 0.3) is 5.91 Å². The first kappa shape index (κ1) is 24.3. The molecule has 1 N–H and O–H groups in total. The van der Waals surface area contributed by atoms with E-state index >= 15 is 0 Å². The Bertz CT molecular complexity index is 913. The molecule has 30 heavy (non-hydrogen) atoms. The summed E-state index contributed by atoms with van der Waals surface area (Å²) in [5, 5.41) is 6.59. The lowest BCUT2D eigenvalue weighted by Crippen LogP contribution is -2.50. The van der Waals surface area contributed by atoms with Gasteiger partial charge in [-0.2, -0.15) is 11.3 Å². The molecule has 0 radical (unpaired) electrons. The summed E-state index contributed by atoms with van der Waals surface area (Å²) in [6.07, 6.45) is -0.00603. The molecule has 0 aliphatic carbocycles. The van der Waals surface area contributed by atoms with Gasteiger partial charge in [-0.05, 0) is 23.6 Å². The molecular weight excluding hydrogens is 446 g/mol. The van der Waals surface area contributed by atoms with Crippen LogP contribution in [0.2, 0.25) is 0 Å². The van der Waals surface area contributed by atoms with Gasteiger partial charge < -0.3 is 10.2 Å². The second-order valence-corrected chi connectivity index (χ2v) is 9.76. The number of carbonyl (C=O) groups is 2. The standard InChI is InChI=1S/C20H25N3O4S2.ClH/c24-19(7-15-29(26,27)18-4-2-1-3-5-18)23-12-10-22(11-13-23)9-8-21-20(25)17-6-14-28-16-17;/h1-6,14,16H,7-13,15H2,(H,21,25);1H. The molecule has 0 bridgehead atoms. The van der Waals surface area contributed by atoms with E-state index in [0.29, 0.717) is 38.3 Å². The van der Waals surface area contributed by atoms with Crippen LogP contribution in [0.25, 0.3) is 0 Å². The zero-order chi connectivity index (χ0) is 20.7. The van der Waals surface area contributed by atoms with Gasteiger partial charge in [0, 0.05) is 56.6 Å². The van der Waals surface area contributed by atoms with Crippen molar-refractivity contribution >= 4 is 45.4 Å². The smallest absolute Gasteiger partial charge is 0.252 e. The van der Waals surface area contributed by atoms with Gasteiger partial charge in [-0.25, -0.2) is 8.42 Å². The number of hydrogen-bond donors (Lipinski definition) is 1. The lowest BCUT2D eigenvalue weighted by Gasteiger charge is -2.34. The molecule has 10 heteroatoms. The van der Waals surface area contributed by atoms with Crippen molar-refractivity contribution in [1.82, 2.24) is 15.1 Å². The molecule has 1 aromatic heterocycles. The molecular formula is C20H26ClN3O4S2. The minimum absolute atomic E-state index is 0. The normalized spacial score (nSPS) is 14.7. The van der Waals surface area contributed by atoms with E-state index in [1.165, 1.54) is 11.3 Å². The number of nitrogens with one attached hydrogen (secondary N) is 1. The highest BCUT2D eigenvalue weighted by Gasteiger charge is 2.23. The Morgan fingerprint density at radius 2 is 1.73 bits per heavy atom. The molecule has 2 heterocycles. The topological polar surface area (TPSA) is 86.8 Å². The number of rotatable bonds is 8. The van der Waals surface area contributed by atoms with Crippen LogP contribution in [0.4, 0.5) is 0 Å². The number of sulfone groups is 1. The first-order chi connectivity index (χ1) is 14.0. The Hall–Kier alpha value is -1.94. The number of amides is 2. The van der Waals surface area contributed by atoms with Gasteiger partial charge in [0.15, 0.2) is 9.84 Å². The Kier molecular flexibility index (Phi) is 9.29. The molecule has 1 aromatic carbocycles. The van der Waals surface area contributed by atoms with Gasteiger partial charge in [-0.15, -0.1) is 12.4 Å². The predicted molar refractivity (Wildman–Crippen MR) is 120 cm³/mol. The van der Waals surface area contributed by atoms with Crippen LogP contribution in [-0.4, -0.2) is 75.1 Å². The van der Waals surface area contributed by atoms with Crippen LogP contribution in [0.15, 0.2) is 52.1 Å². The van der Waals surface area contributed by atoms with Crippen LogP contribution in [0.5, 0.6) is 0 Å². The maximum Gasteiger partial charge on any atom is 0.252 e. The van der Waals surface area contributed by atoms with Gasteiger partial charge in [0.05, 0.1) is 10.6 Å². The molecule has 0 spiro atoms. The van der Waals surface area contributed by atoms with Crippen molar-refractivity contribution in [2.24, 2.45) is 0 Å². The van der Waals surface area contributed by atoms with E-state index < -0.39 is 9.84 Å². The third-order valence-electron chi connectivity index (χ3n) is 4.91. The minimum Gasteiger partial charge on any atom is -0.351 e. The number of piperazine rings is 1. The molecule has 1 aliphatic heterocycles. The lowest BCUT2D eigenvalue weighted by molar-refractivity contribution is -0.132. The highest BCUT2D eigenvalue weighted by molar-refractivity contribution is 7.91. The Labute approximate surface area is 187 Å². The fraction of sp³-hybridized carbons (Fsp3) is 0.400. The predicted octanol–water partition coefficient (Wildman–Crippen LogP) is 1.91. The van der Waals surface area contributed by atoms with Crippen LogP contribution in [0.1, 0.15) is 16.8 Å². The number of carbonyl (C=O) groups excluding carboxylic acids is 2. The lowest BCUT2D eigenvalue weighted by atomic mass is 10.3. The molecule has 1 aliphatic rings. The summed E-state index contributed by atoms with van der Waals surface area (Å²) in [6.45, 7) is 3.85. The summed E-state index contributed by atoms with van der Waals surface area (Å²) in [7, 11) is -3.44. The van der Waals surface area contributed by atoms with Gasteiger partial charge in [-0.3, -0.25) is 14.5 Å². The Balaban J connectivity index is 0.00000320. The monoisotopic (exact) mass is 471 g/mol. The number of benzene rings is 1. The average Bonchev–Trinajstić information content (AvgIpc) is 3.28. The highest BCUT2D eigenvalue weighted by atomic mass is 35.5. The first-order valence-corrected chi connectivity index (χ1v) is 12.1. The van der Waals surface area contributed by atoms with Crippen molar-refractivity contribution in [3.63, 3.8) is 0 Å². The summed E-state index contributed by atoms with van der Waals surface area (Å²) in [4.78, 5) is 28.5. The summed E-state index contributed by atoms with van der Waals surface area (Å²) in [6, 6.07) is 10.0. The Morgan fingerprint density at radius 3 is 2.37 bits per heavy atom. The van der Waals surface area contributed by atoms with E-state index in [9.17, 15) is 18.0 Å². The van der Waals surface area contributed by atoms with Crippen molar-refractivity contribution in [3.05, 3.63) is 52.7 Å². The molecule has 0 atom stereocenters. The molecule has 7 nitrogen and oxygen atoms in total. The zero-order valence-corrected chi connectivity index (χ0v) is 19.0. The van der Waals surface area contributed by atoms with Gasteiger partial charge >= 0.3 is 0 Å². The van der Waals surface area contributed by atoms with E-state index in [-0.39, 0.29) is 41.3 Å². The van der Waals surface area contributed by atoms with Crippen LogP contribution in [-0.2, 0) is 14.6 Å². The van der Waals surface area contributed by atoms with E-state index in [1.807, 2.05) is 10.8 Å². The third-order valence-corrected chi connectivity index (χ3v) is 7.32. The molecule has 1 fully saturated rings. The largest absolute Gasteiger partial charge is 0.351 e. The van der Waals surface area contributed by atoms with E-state index in [2.05, 4.69) is 10.2 Å². The van der Waals surface area contributed by atoms with Crippen LogP contribution >= 0.6 is 23.7 Å². The second kappa shape index (κ2) is 11.5. The summed E-state index contributed by atoms with van der Waals surface area (Å²) in [5.41, 5.74) is 0.677. The summed E-state index contributed by atoms with van der Waals surface area (Å²) >= 11 is 1.49. The van der Waals surface area contributed by atoms with Crippen LogP contribution in [0, 0.1) is 0 Å². The van der Waals surface area contributed by atoms with Crippen molar-refractivity contribution < 1.29 is 18.0 Å². The molecule has 3 rings (SSSR count). The third kappa shape index (κ3) is 6.80. The van der Waals surface area contributed by atoms with Crippen molar-refractivity contribution in [2.75, 3.05) is 45.0 Å². The van der Waals surface area contributed by atoms with E-state index in [0.717, 1.165) is 6.54 Å². The van der Waals surface area contributed by atoms with Gasteiger partial charge in [0.2, 0.25) is 5.91 Å². The zero-order valence-electron chi connectivity index (χ0n) is 16.5. The second-order valence-electron chi connectivity index (χ2n) is 6.87. The van der Waals surface area contributed by atoms with Crippen LogP contribution < -0.4 is 5.32 Å². The van der Waals surface area contributed by atoms with E-state index in [1.54, 1.807) is 41.3 Å².